The molecule has 0 saturated carbocycles. The second kappa shape index (κ2) is 3.35. The lowest BCUT2D eigenvalue weighted by Crippen LogP contribution is -2.09. The minimum Gasteiger partial charge on any atom is -0.366 e. The molecule has 3 atom stereocenters. The highest BCUT2D eigenvalue weighted by Gasteiger charge is 2.41. The van der Waals surface area contributed by atoms with E-state index in [1.54, 1.807) is 0 Å². The molecule has 0 aromatic carbocycles. The van der Waals surface area contributed by atoms with Crippen LogP contribution in [-0.4, -0.2) is 17.5 Å². The van der Waals surface area contributed by atoms with E-state index in [1.807, 2.05) is 0 Å². The van der Waals surface area contributed by atoms with Gasteiger partial charge in [0.1, 0.15) is 6.10 Å². The summed E-state index contributed by atoms with van der Waals surface area (Å²) in [7, 11) is 0. The predicted octanol–water partition coefficient (Wildman–Crippen LogP) is 1.53. The lowest BCUT2D eigenvalue weighted by Gasteiger charge is -2.08. The Morgan fingerprint density at radius 3 is 2.40 bits per heavy atom. The van der Waals surface area contributed by atoms with Gasteiger partial charge < -0.3 is 9.84 Å². The number of rotatable bonds is 4. The average molecular weight is 144 g/mol. The van der Waals surface area contributed by atoms with Crippen LogP contribution in [0.15, 0.2) is 0 Å². The van der Waals surface area contributed by atoms with Crippen molar-refractivity contribution in [3.8, 4) is 0 Å². The normalized spacial score (nSPS) is 33.9. The molecule has 1 N–H and O–H groups in total. The fourth-order valence-electron chi connectivity index (χ4n) is 1.43. The van der Waals surface area contributed by atoms with Gasteiger partial charge in [0.2, 0.25) is 0 Å². The molecule has 10 heavy (non-hydrogen) atoms. The van der Waals surface area contributed by atoms with Crippen LogP contribution in [0.3, 0.4) is 0 Å². The zero-order valence-corrected chi connectivity index (χ0v) is 6.71. The minimum atomic E-state index is -0.448. The summed E-state index contributed by atoms with van der Waals surface area (Å²) in [6.07, 6.45) is 3.19. The van der Waals surface area contributed by atoms with Gasteiger partial charge in [0, 0.05) is 0 Å². The third-order valence-electron chi connectivity index (χ3n) is 2.15. The molecule has 1 aliphatic heterocycles. The van der Waals surface area contributed by atoms with Gasteiger partial charge in [-0.25, -0.2) is 0 Å². The largest absolute Gasteiger partial charge is 0.366 e. The first kappa shape index (κ1) is 8.02. The Labute approximate surface area is 62.2 Å². The molecule has 2 nitrogen and oxygen atoms in total. The molecule has 0 aliphatic carbocycles. The number of epoxide rings is 1. The lowest BCUT2D eigenvalue weighted by atomic mass is 9.97. The summed E-state index contributed by atoms with van der Waals surface area (Å²) in [5, 5.41) is 8.93. The van der Waals surface area contributed by atoms with E-state index in [1.165, 1.54) is 12.8 Å². The SMILES string of the molecule is CCCC(CC)C1OC1O. The maximum Gasteiger partial charge on any atom is 0.182 e. The summed E-state index contributed by atoms with van der Waals surface area (Å²) in [5.41, 5.74) is 0. The molecule has 0 radical (unpaired) electrons. The zero-order valence-electron chi connectivity index (χ0n) is 6.71. The third-order valence-corrected chi connectivity index (χ3v) is 2.15. The van der Waals surface area contributed by atoms with Gasteiger partial charge in [-0.2, -0.15) is 0 Å². The van der Waals surface area contributed by atoms with Crippen LogP contribution < -0.4 is 0 Å². The van der Waals surface area contributed by atoms with Gasteiger partial charge in [0.15, 0.2) is 6.29 Å². The molecule has 0 amide bonds. The third kappa shape index (κ3) is 1.70. The second-order valence-corrected chi connectivity index (χ2v) is 2.95. The molecular weight excluding hydrogens is 128 g/mol. The van der Waals surface area contributed by atoms with Crippen molar-refractivity contribution in [2.75, 3.05) is 0 Å². The van der Waals surface area contributed by atoms with Crippen molar-refractivity contribution in [2.45, 2.75) is 45.5 Å². The Morgan fingerprint density at radius 1 is 1.50 bits per heavy atom. The highest BCUT2D eigenvalue weighted by Crippen LogP contribution is 2.32. The van der Waals surface area contributed by atoms with E-state index in [9.17, 15) is 0 Å². The zero-order chi connectivity index (χ0) is 7.56. The lowest BCUT2D eigenvalue weighted by molar-refractivity contribution is 0.155. The molecule has 1 aliphatic rings. The van der Waals surface area contributed by atoms with Crippen molar-refractivity contribution in [3.05, 3.63) is 0 Å². The first-order valence-corrected chi connectivity index (χ1v) is 4.13. The van der Waals surface area contributed by atoms with Crippen LogP contribution in [-0.2, 0) is 4.74 Å². The van der Waals surface area contributed by atoms with E-state index in [0.717, 1.165) is 6.42 Å². The van der Waals surface area contributed by atoms with Gasteiger partial charge in [-0.15, -0.1) is 0 Å². The van der Waals surface area contributed by atoms with E-state index < -0.39 is 6.29 Å². The van der Waals surface area contributed by atoms with Crippen LogP contribution in [0, 0.1) is 5.92 Å². The van der Waals surface area contributed by atoms with Gasteiger partial charge >= 0.3 is 0 Å². The summed E-state index contributed by atoms with van der Waals surface area (Å²) in [4.78, 5) is 0. The summed E-state index contributed by atoms with van der Waals surface area (Å²) < 4.78 is 4.98. The topological polar surface area (TPSA) is 32.8 Å². The Bertz CT molecular complexity index is 103. The fraction of sp³-hybridized carbons (Fsp3) is 1.00. The smallest absolute Gasteiger partial charge is 0.182 e. The van der Waals surface area contributed by atoms with Crippen molar-refractivity contribution in [3.63, 3.8) is 0 Å². The van der Waals surface area contributed by atoms with E-state index in [4.69, 9.17) is 9.84 Å². The first-order chi connectivity index (χ1) is 4.79. The molecule has 1 rings (SSSR count). The molecular formula is C8H16O2. The number of aliphatic hydroxyl groups is 1. The molecule has 0 bridgehead atoms. The van der Waals surface area contributed by atoms with Crippen LogP contribution in [0.5, 0.6) is 0 Å². The number of hydrogen-bond acceptors (Lipinski definition) is 2. The summed E-state index contributed by atoms with van der Waals surface area (Å²) >= 11 is 0. The van der Waals surface area contributed by atoms with Gasteiger partial charge in [-0.05, 0) is 12.3 Å². The highest BCUT2D eigenvalue weighted by atomic mass is 16.7. The molecule has 0 spiro atoms. The van der Waals surface area contributed by atoms with Crippen LogP contribution in [0.1, 0.15) is 33.1 Å². The van der Waals surface area contributed by atoms with Crippen LogP contribution in [0.4, 0.5) is 0 Å². The summed E-state index contributed by atoms with van der Waals surface area (Å²) in [6.45, 7) is 4.31. The molecule has 3 unspecified atom stereocenters. The van der Waals surface area contributed by atoms with Crippen LogP contribution in [0.25, 0.3) is 0 Å². The molecule has 0 aromatic heterocycles. The van der Waals surface area contributed by atoms with Gasteiger partial charge in [-0.1, -0.05) is 26.7 Å². The Hall–Kier alpha value is -0.0800. The predicted molar refractivity (Wildman–Crippen MR) is 39.6 cm³/mol. The molecule has 1 heterocycles. The molecule has 0 aromatic rings. The average Bonchev–Trinajstić information content (AvgIpc) is 2.62. The quantitative estimate of drug-likeness (QED) is 0.607. The van der Waals surface area contributed by atoms with Crippen molar-refractivity contribution < 1.29 is 9.84 Å². The number of hydrogen-bond donors (Lipinski definition) is 1. The summed E-state index contributed by atoms with van der Waals surface area (Å²) in [5.74, 6) is 0.583. The van der Waals surface area contributed by atoms with Crippen LogP contribution in [0.2, 0.25) is 0 Å². The van der Waals surface area contributed by atoms with E-state index in [0.29, 0.717) is 5.92 Å². The van der Waals surface area contributed by atoms with E-state index in [-0.39, 0.29) is 6.10 Å². The first-order valence-electron chi connectivity index (χ1n) is 4.13. The molecule has 60 valence electrons. The minimum absolute atomic E-state index is 0.157. The van der Waals surface area contributed by atoms with Crippen molar-refractivity contribution >= 4 is 0 Å². The van der Waals surface area contributed by atoms with Gasteiger partial charge in [0.05, 0.1) is 0 Å². The molecule has 1 saturated heterocycles. The Kier molecular flexibility index (Phi) is 2.69. The monoisotopic (exact) mass is 144 g/mol. The number of ether oxygens (including phenoxy) is 1. The van der Waals surface area contributed by atoms with Crippen LogP contribution >= 0.6 is 0 Å². The molecule has 2 heteroatoms. The number of aliphatic hydroxyl groups excluding tert-OH is 1. The second-order valence-electron chi connectivity index (χ2n) is 2.95. The maximum atomic E-state index is 8.93. The van der Waals surface area contributed by atoms with Gasteiger partial charge in [0.25, 0.3) is 0 Å². The van der Waals surface area contributed by atoms with E-state index in [2.05, 4.69) is 13.8 Å². The van der Waals surface area contributed by atoms with E-state index >= 15 is 0 Å². The fourth-order valence-corrected chi connectivity index (χ4v) is 1.43. The van der Waals surface area contributed by atoms with Gasteiger partial charge in [-0.3, -0.25) is 0 Å². The Morgan fingerprint density at radius 2 is 2.10 bits per heavy atom. The maximum absolute atomic E-state index is 8.93. The van der Waals surface area contributed by atoms with Crippen molar-refractivity contribution in [1.82, 2.24) is 0 Å². The Balaban J connectivity index is 2.20. The highest BCUT2D eigenvalue weighted by molar-refractivity contribution is 4.81. The van der Waals surface area contributed by atoms with Crippen molar-refractivity contribution in [2.24, 2.45) is 5.92 Å². The van der Waals surface area contributed by atoms with Crippen molar-refractivity contribution in [1.29, 1.82) is 0 Å². The molecule has 1 fully saturated rings. The standard InChI is InChI=1S/C8H16O2/c1-3-5-6(4-2)7-8(9)10-7/h6-9H,3-5H2,1-2H3. The summed E-state index contributed by atoms with van der Waals surface area (Å²) in [6, 6.07) is 0.